The monoisotopic (exact) mass is 287 g/mol. The predicted molar refractivity (Wildman–Crippen MR) is 72.3 cm³/mol. The molecule has 0 aliphatic carbocycles. The van der Waals surface area contributed by atoms with Gasteiger partial charge in [-0.3, -0.25) is 4.90 Å². The number of carbonyl (C=O) groups is 1. The van der Waals surface area contributed by atoms with Crippen molar-refractivity contribution in [3.8, 4) is 0 Å². The van der Waals surface area contributed by atoms with Crippen molar-refractivity contribution in [1.82, 2.24) is 4.90 Å². The molecule has 1 N–H and O–H groups in total. The van der Waals surface area contributed by atoms with E-state index in [1.807, 2.05) is 4.90 Å². The molecule has 0 radical (unpaired) electrons. The first kappa shape index (κ1) is 13.7. The summed E-state index contributed by atoms with van der Waals surface area (Å²) >= 11 is 12.2. The van der Waals surface area contributed by atoms with Gasteiger partial charge in [-0.25, -0.2) is 4.79 Å². The first-order valence-corrected chi connectivity index (χ1v) is 6.66. The zero-order valence-corrected chi connectivity index (χ0v) is 11.6. The van der Waals surface area contributed by atoms with Crippen molar-refractivity contribution in [1.29, 1.82) is 0 Å². The summed E-state index contributed by atoms with van der Waals surface area (Å²) < 4.78 is 0. The molecule has 1 aromatic rings. The van der Waals surface area contributed by atoms with Crippen LogP contribution in [0.4, 0.5) is 0 Å². The third-order valence-corrected chi connectivity index (χ3v) is 4.45. The highest BCUT2D eigenvalue weighted by Crippen LogP contribution is 2.38. The van der Waals surface area contributed by atoms with Crippen LogP contribution in [-0.2, 0) is 10.3 Å². The molecule has 98 valence electrons. The Bertz CT molecular complexity index is 472. The van der Waals surface area contributed by atoms with Gasteiger partial charge >= 0.3 is 5.97 Å². The van der Waals surface area contributed by atoms with Crippen molar-refractivity contribution in [3.63, 3.8) is 0 Å². The number of halogens is 2. The van der Waals surface area contributed by atoms with E-state index in [4.69, 9.17) is 23.2 Å². The molecule has 18 heavy (non-hydrogen) atoms. The molecule has 1 atom stereocenters. The number of hydrogen-bond donors (Lipinski definition) is 1. The molecule has 1 heterocycles. The molecule has 0 amide bonds. The third kappa shape index (κ3) is 2.11. The van der Waals surface area contributed by atoms with Gasteiger partial charge in [-0.05, 0) is 38.9 Å². The van der Waals surface area contributed by atoms with Crippen LogP contribution in [0.1, 0.15) is 25.3 Å². The first-order chi connectivity index (χ1) is 8.48. The summed E-state index contributed by atoms with van der Waals surface area (Å²) in [5.74, 6) is -0.895. The van der Waals surface area contributed by atoms with Crippen LogP contribution in [0.2, 0.25) is 10.0 Å². The summed E-state index contributed by atoms with van der Waals surface area (Å²) in [5, 5.41) is 10.3. The summed E-state index contributed by atoms with van der Waals surface area (Å²) in [4.78, 5) is 13.7. The Kier molecular flexibility index (Phi) is 3.85. The van der Waals surface area contributed by atoms with E-state index in [0.29, 0.717) is 15.6 Å². The fourth-order valence-electron chi connectivity index (χ4n) is 2.46. The summed E-state index contributed by atoms with van der Waals surface area (Å²) in [6.07, 6.45) is 2.03. The van der Waals surface area contributed by atoms with Gasteiger partial charge in [-0.15, -0.1) is 0 Å². The first-order valence-electron chi connectivity index (χ1n) is 5.91. The van der Waals surface area contributed by atoms with E-state index in [1.165, 1.54) is 0 Å². The molecular weight excluding hydrogens is 273 g/mol. The van der Waals surface area contributed by atoms with Gasteiger partial charge in [0.25, 0.3) is 0 Å². The molecule has 1 unspecified atom stereocenters. The topological polar surface area (TPSA) is 40.5 Å². The minimum atomic E-state index is -1.11. The number of likely N-dealkylation sites (tertiary alicyclic amines) is 1. The zero-order chi connectivity index (χ0) is 13.3. The van der Waals surface area contributed by atoms with Crippen molar-refractivity contribution in [2.45, 2.75) is 25.3 Å². The van der Waals surface area contributed by atoms with Crippen LogP contribution in [0.5, 0.6) is 0 Å². The van der Waals surface area contributed by atoms with E-state index in [9.17, 15) is 9.90 Å². The maximum atomic E-state index is 11.7. The van der Waals surface area contributed by atoms with Gasteiger partial charge in [0, 0.05) is 5.56 Å². The minimum Gasteiger partial charge on any atom is -0.480 e. The minimum absolute atomic E-state index is 0.330. The fourth-order valence-corrected chi connectivity index (χ4v) is 2.95. The molecule has 0 bridgehead atoms. The number of carboxylic acids is 1. The summed E-state index contributed by atoms with van der Waals surface area (Å²) in [5.41, 5.74) is -0.551. The highest BCUT2D eigenvalue weighted by Gasteiger charge is 2.43. The second-order valence-corrected chi connectivity index (χ2v) is 5.46. The molecule has 1 aromatic carbocycles. The molecule has 3 nitrogen and oxygen atoms in total. The van der Waals surface area contributed by atoms with E-state index in [1.54, 1.807) is 25.1 Å². The van der Waals surface area contributed by atoms with Gasteiger partial charge in [0.15, 0.2) is 0 Å². The molecule has 1 fully saturated rings. The molecule has 2 rings (SSSR count). The Hall–Kier alpha value is -0.770. The maximum absolute atomic E-state index is 11.7. The number of hydrogen-bond acceptors (Lipinski definition) is 2. The Labute approximate surface area is 116 Å². The number of nitrogens with zero attached hydrogens (tertiary/aromatic N) is 1. The Morgan fingerprint density at radius 3 is 2.50 bits per heavy atom. The van der Waals surface area contributed by atoms with Crippen LogP contribution in [0.25, 0.3) is 0 Å². The van der Waals surface area contributed by atoms with Crippen LogP contribution in [0, 0.1) is 0 Å². The molecule has 5 heteroatoms. The summed E-state index contributed by atoms with van der Waals surface area (Å²) in [6.45, 7) is 3.23. The number of aliphatic carboxylic acids is 1. The highest BCUT2D eigenvalue weighted by molar-refractivity contribution is 6.42. The maximum Gasteiger partial charge on any atom is 0.328 e. The highest BCUT2D eigenvalue weighted by atomic mass is 35.5. The summed E-state index contributed by atoms with van der Waals surface area (Å²) in [6, 6.07) is 5.14. The second kappa shape index (κ2) is 5.08. The number of carboxylic acid groups (broad SMARTS) is 1. The van der Waals surface area contributed by atoms with Gasteiger partial charge < -0.3 is 5.11 Å². The van der Waals surface area contributed by atoms with Crippen molar-refractivity contribution in [3.05, 3.63) is 33.8 Å². The Balaban J connectivity index is 2.53. The van der Waals surface area contributed by atoms with Crippen molar-refractivity contribution < 1.29 is 9.90 Å². The lowest BCUT2D eigenvalue weighted by Gasteiger charge is -2.35. The van der Waals surface area contributed by atoms with Gasteiger partial charge in [-0.2, -0.15) is 0 Å². The predicted octanol–water partition coefficient (Wildman–Crippen LogP) is 3.39. The third-order valence-electron chi connectivity index (χ3n) is 3.63. The Morgan fingerprint density at radius 2 is 1.94 bits per heavy atom. The molecule has 0 aromatic heterocycles. The largest absolute Gasteiger partial charge is 0.480 e. The fraction of sp³-hybridized carbons (Fsp3) is 0.462. The van der Waals surface area contributed by atoms with Gasteiger partial charge in [-0.1, -0.05) is 35.3 Å². The normalized spacial score (nSPS) is 19.7. The number of rotatable bonds is 3. The molecule has 1 aliphatic heterocycles. The van der Waals surface area contributed by atoms with E-state index in [0.717, 1.165) is 25.9 Å². The van der Waals surface area contributed by atoms with E-state index in [2.05, 4.69) is 0 Å². The molecule has 1 aliphatic rings. The lowest BCUT2D eigenvalue weighted by molar-refractivity contribution is -0.150. The van der Waals surface area contributed by atoms with Gasteiger partial charge in [0.05, 0.1) is 10.0 Å². The standard InChI is InChI=1S/C13H15Cl2NO2/c1-13(12(17)18,16-7-2-3-8-16)9-5-4-6-10(14)11(9)15/h4-6H,2-3,7-8H2,1H3,(H,17,18). The van der Waals surface area contributed by atoms with Crippen LogP contribution < -0.4 is 0 Å². The van der Waals surface area contributed by atoms with Crippen LogP contribution in [0.15, 0.2) is 18.2 Å². The van der Waals surface area contributed by atoms with Crippen molar-refractivity contribution in [2.75, 3.05) is 13.1 Å². The van der Waals surface area contributed by atoms with Crippen molar-refractivity contribution >= 4 is 29.2 Å². The van der Waals surface area contributed by atoms with E-state index in [-0.39, 0.29) is 0 Å². The lowest BCUT2D eigenvalue weighted by atomic mass is 9.90. The number of benzene rings is 1. The smallest absolute Gasteiger partial charge is 0.328 e. The Morgan fingerprint density at radius 1 is 1.33 bits per heavy atom. The van der Waals surface area contributed by atoms with E-state index >= 15 is 0 Å². The van der Waals surface area contributed by atoms with Crippen LogP contribution in [-0.4, -0.2) is 29.1 Å². The van der Waals surface area contributed by atoms with Gasteiger partial charge in [0.2, 0.25) is 0 Å². The van der Waals surface area contributed by atoms with Gasteiger partial charge in [0.1, 0.15) is 5.54 Å². The van der Waals surface area contributed by atoms with E-state index < -0.39 is 11.5 Å². The van der Waals surface area contributed by atoms with Crippen molar-refractivity contribution in [2.24, 2.45) is 0 Å². The molecular formula is C13H15Cl2NO2. The average molecular weight is 288 g/mol. The quantitative estimate of drug-likeness (QED) is 0.926. The average Bonchev–Trinajstić information content (AvgIpc) is 2.85. The zero-order valence-electron chi connectivity index (χ0n) is 10.1. The molecule has 0 saturated carbocycles. The molecule has 0 spiro atoms. The summed E-state index contributed by atoms with van der Waals surface area (Å²) in [7, 11) is 0. The molecule has 1 saturated heterocycles. The van der Waals surface area contributed by atoms with Crippen LogP contribution >= 0.6 is 23.2 Å². The second-order valence-electron chi connectivity index (χ2n) is 4.67. The van der Waals surface area contributed by atoms with Crippen LogP contribution in [0.3, 0.4) is 0 Å². The SMILES string of the molecule is CC(C(=O)O)(c1cccc(Cl)c1Cl)N1CCCC1. The lowest BCUT2D eigenvalue weighted by Crippen LogP contribution is -2.48.